The summed E-state index contributed by atoms with van der Waals surface area (Å²) in [6.07, 6.45) is 3.82. The van der Waals surface area contributed by atoms with Crippen molar-refractivity contribution in [3.8, 4) is 11.5 Å². The molecule has 1 heterocycles. The van der Waals surface area contributed by atoms with Crippen LogP contribution in [-0.4, -0.2) is 61.5 Å². The molecule has 10 heteroatoms. The van der Waals surface area contributed by atoms with Crippen LogP contribution in [0.15, 0.2) is 50.9 Å². The molecule has 0 aliphatic heterocycles. The molecule has 1 aromatic heterocycles. The number of phenols is 2. The zero-order chi connectivity index (χ0) is 33.8. The minimum absolute atomic E-state index is 0.0820. The highest BCUT2D eigenvalue weighted by molar-refractivity contribution is 6.14. The van der Waals surface area contributed by atoms with E-state index in [2.05, 4.69) is 13.8 Å². The monoisotopic (exact) mass is 636 g/mol. The van der Waals surface area contributed by atoms with Crippen molar-refractivity contribution >= 4 is 22.5 Å². The Hall–Kier alpha value is -3.47. The Kier molecular flexibility index (Phi) is 7.24. The van der Waals surface area contributed by atoms with Crippen LogP contribution in [0.3, 0.4) is 0 Å². The number of aliphatic hydroxyl groups is 3. The Bertz CT molecular complexity index is 1760. The Balaban J connectivity index is 1.64. The molecule has 0 saturated heterocycles. The summed E-state index contributed by atoms with van der Waals surface area (Å²) >= 11 is 0. The van der Waals surface area contributed by atoms with E-state index in [1.807, 2.05) is 13.0 Å². The van der Waals surface area contributed by atoms with Gasteiger partial charge in [0.1, 0.15) is 33.6 Å². The molecule has 1 aromatic carbocycles. The number of carbonyl (C=O) groups is 2. The molecule has 0 amide bonds. The number of phenolic OH excluding ortho intramolecular Hbond substituents is 2. The molecule has 248 valence electrons. The first kappa shape index (κ1) is 32.5. The molecule has 46 heavy (non-hydrogen) atoms. The van der Waals surface area contributed by atoms with Crippen LogP contribution in [0.5, 0.6) is 11.5 Å². The predicted octanol–water partition coefficient (Wildman–Crippen LogP) is 4.18. The molecule has 0 unspecified atom stereocenters. The number of Topliss-reactive ketones (excluding diaryl/α,β-unsaturated/α-hetero) is 1. The number of aliphatic hydroxyl groups excluding tert-OH is 1. The first-order valence-electron chi connectivity index (χ1n) is 16.0. The number of benzene rings is 1. The van der Waals surface area contributed by atoms with E-state index >= 15 is 0 Å². The first-order chi connectivity index (χ1) is 21.3. The second kappa shape index (κ2) is 10.3. The number of rotatable bonds is 4. The lowest BCUT2D eigenvalue weighted by atomic mass is 9.41. The van der Waals surface area contributed by atoms with Gasteiger partial charge in [-0.2, -0.15) is 0 Å². The van der Waals surface area contributed by atoms with E-state index < -0.39 is 62.7 Å². The highest BCUT2D eigenvalue weighted by atomic mass is 16.5. The molecule has 0 radical (unpaired) electrons. The van der Waals surface area contributed by atoms with Gasteiger partial charge in [-0.1, -0.05) is 32.4 Å². The van der Waals surface area contributed by atoms with Gasteiger partial charge in [-0.05, 0) is 63.7 Å². The predicted molar refractivity (Wildman–Crippen MR) is 168 cm³/mol. The van der Waals surface area contributed by atoms with Gasteiger partial charge in [-0.25, -0.2) is 0 Å². The number of aromatic hydroxyl groups is 2. The number of carbonyl (C=O) groups excluding carboxylic acids is 2. The number of allylic oxidation sites excluding steroid dienone is 4. The minimum Gasteiger partial charge on any atom is -0.508 e. The summed E-state index contributed by atoms with van der Waals surface area (Å²) in [5, 5.41) is 56.8. The van der Waals surface area contributed by atoms with Crippen molar-refractivity contribution in [2.75, 3.05) is 7.11 Å². The molecule has 5 N–H and O–H groups in total. The molecule has 0 bridgehead atoms. The van der Waals surface area contributed by atoms with Crippen LogP contribution in [-0.2, 0) is 19.7 Å². The van der Waals surface area contributed by atoms with E-state index in [0.717, 1.165) is 24.3 Å². The number of ether oxygens (including phenoxy) is 1. The normalized spacial score (nSPS) is 38.9. The van der Waals surface area contributed by atoms with Gasteiger partial charge in [0.2, 0.25) is 5.78 Å². The van der Waals surface area contributed by atoms with Crippen LogP contribution >= 0.6 is 0 Å². The maximum Gasteiger partial charge on any atom is 0.202 e. The van der Waals surface area contributed by atoms with Crippen molar-refractivity contribution in [1.82, 2.24) is 0 Å². The molecule has 2 aromatic rings. The smallest absolute Gasteiger partial charge is 0.202 e. The van der Waals surface area contributed by atoms with E-state index in [1.165, 1.54) is 7.11 Å². The third-order valence-electron chi connectivity index (χ3n) is 12.4. The van der Waals surface area contributed by atoms with Crippen LogP contribution in [0, 0.1) is 28.6 Å². The van der Waals surface area contributed by atoms with Crippen molar-refractivity contribution < 1.29 is 44.3 Å². The summed E-state index contributed by atoms with van der Waals surface area (Å²) < 4.78 is 11.6. The lowest BCUT2D eigenvalue weighted by Crippen LogP contribution is -2.72. The van der Waals surface area contributed by atoms with Gasteiger partial charge in [0.25, 0.3) is 0 Å². The van der Waals surface area contributed by atoms with Crippen LogP contribution in [0.25, 0.3) is 11.0 Å². The fraction of sp³-hybridized carbons (Fsp3) is 0.583. The fourth-order valence-electron chi connectivity index (χ4n) is 10.3. The van der Waals surface area contributed by atoms with Crippen molar-refractivity contribution in [1.29, 1.82) is 0 Å². The number of fused-ring (bicyclic) bond motifs is 3. The van der Waals surface area contributed by atoms with Gasteiger partial charge in [-0.15, -0.1) is 0 Å². The average molecular weight is 637 g/mol. The average Bonchev–Trinajstić information content (AvgIpc) is 2.93. The van der Waals surface area contributed by atoms with Gasteiger partial charge in [0, 0.05) is 41.5 Å². The highest BCUT2D eigenvalue weighted by Crippen LogP contribution is 2.67. The minimum atomic E-state index is -1.86. The standard InChI is InChI=1S/C36H44O10/c1-18-7-8-21-31(42)26(45-6)14-28(41)36(21,29-13-24(40)30-23(39)11-19(37)12-25(30)46-29)22(18)17-35(44)33(4)16-20(38)15-32(2,3)27(33)9-10-34(35,5)43/h7,11-14,20-22,27,37-39,43-44H,8-10,15-17H2,1-6H3/t20-,21-,22+,27-,33-,34+,35-,36-/m0/s1. The molecule has 2 saturated carbocycles. The summed E-state index contributed by atoms with van der Waals surface area (Å²) in [4.78, 5) is 42.2. The Morgan fingerprint density at radius 2 is 1.72 bits per heavy atom. The number of hydrogen-bond donors (Lipinski definition) is 5. The number of hydrogen-bond acceptors (Lipinski definition) is 10. The lowest BCUT2D eigenvalue weighted by molar-refractivity contribution is -0.288. The molecular formula is C36H44O10. The zero-order valence-electron chi connectivity index (χ0n) is 27.2. The largest absolute Gasteiger partial charge is 0.508 e. The Labute approximate surface area is 267 Å². The SMILES string of the molecule is COC1=CC(=O)[C@@]2(c3cc(=O)c4c(O)cc(O)cc4o3)[C@H](C[C@]3(O)[C@@]4(C)C[C@@H](O)CC(C)(C)[C@@H]4CC[C@@]3(C)O)C(C)=CC[C@H]2C1=O. The van der Waals surface area contributed by atoms with Gasteiger partial charge in [0.15, 0.2) is 17.0 Å². The number of methoxy groups -OCH3 is 1. The van der Waals surface area contributed by atoms with Gasteiger partial charge in [-0.3, -0.25) is 14.4 Å². The van der Waals surface area contributed by atoms with Gasteiger partial charge in [0.05, 0.1) is 24.4 Å². The van der Waals surface area contributed by atoms with Crippen LogP contribution < -0.4 is 5.43 Å². The molecule has 4 aliphatic rings. The summed E-state index contributed by atoms with van der Waals surface area (Å²) in [5.41, 5.74) is -6.90. The summed E-state index contributed by atoms with van der Waals surface area (Å²) in [5.74, 6) is -4.31. The molecular weight excluding hydrogens is 592 g/mol. The summed E-state index contributed by atoms with van der Waals surface area (Å²) in [7, 11) is 1.30. The quantitative estimate of drug-likeness (QED) is 0.306. The van der Waals surface area contributed by atoms with Crippen molar-refractivity contribution in [2.24, 2.45) is 28.6 Å². The van der Waals surface area contributed by atoms with E-state index in [9.17, 15) is 39.9 Å². The van der Waals surface area contributed by atoms with Gasteiger partial charge >= 0.3 is 0 Å². The second-order valence-corrected chi connectivity index (χ2v) is 15.3. The second-order valence-electron chi connectivity index (χ2n) is 15.3. The molecule has 2 fully saturated rings. The van der Waals surface area contributed by atoms with Crippen molar-refractivity contribution in [3.63, 3.8) is 0 Å². The lowest BCUT2D eigenvalue weighted by Gasteiger charge is -2.67. The van der Waals surface area contributed by atoms with Crippen molar-refractivity contribution in [3.05, 3.63) is 57.7 Å². The fourth-order valence-corrected chi connectivity index (χ4v) is 10.3. The highest BCUT2D eigenvalue weighted by Gasteiger charge is 2.70. The maximum absolute atomic E-state index is 14.6. The van der Waals surface area contributed by atoms with E-state index in [0.29, 0.717) is 18.4 Å². The third-order valence-corrected chi connectivity index (χ3v) is 12.4. The van der Waals surface area contributed by atoms with Crippen LogP contribution in [0.1, 0.15) is 78.9 Å². The zero-order valence-corrected chi connectivity index (χ0v) is 27.2. The maximum atomic E-state index is 14.6. The molecule has 4 aliphatic carbocycles. The van der Waals surface area contributed by atoms with E-state index in [1.54, 1.807) is 13.8 Å². The number of ketones is 2. The molecule has 10 nitrogen and oxygen atoms in total. The van der Waals surface area contributed by atoms with Crippen molar-refractivity contribution in [2.45, 2.75) is 95.9 Å². The van der Waals surface area contributed by atoms with Crippen LogP contribution in [0.2, 0.25) is 0 Å². The topological polar surface area (TPSA) is 175 Å². The van der Waals surface area contributed by atoms with E-state index in [4.69, 9.17) is 9.15 Å². The summed E-state index contributed by atoms with van der Waals surface area (Å²) in [6.45, 7) is 9.42. The molecule has 8 atom stereocenters. The van der Waals surface area contributed by atoms with E-state index in [-0.39, 0.29) is 65.3 Å². The summed E-state index contributed by atoms with van der Waals surface area (Å²) in [6, 6.07) is 3.28. The molecule has 0 spiro atoms. The third kappa shape index (κ3) is 4.22. The Morgan fingerprint density at radius 1 is 1.02 bits per heavy atom. The molecule has 6 rings (SSSR count). The van der Waals surface area contributed by atoms with Gasteiger partial charge < -0.3 is 34.7 Å². The Morgan fingerprint density at radius 3 is 2.39 bits per heavy atom. The first-order valence-corrected chi connectivity index (χ1v) is 16.0. The van der Waals surface area contributed by atoms with Crippen LogP contribution in [0.4, 0.5) is 0 Å².